The van der Waals surface area contributed by atoms with Crippen molar-refractivity contribution >= 4 is 29.3 Å². The number of rotatable bonds is 9. The van der Waals surface area contributed by atoms with E-state index >= 15 is 0 Å². The fraction of sp³-hybridized carbons (Fsp3) is 0.385. The SMILES string of the molecule is CCSC[C@H](C)NC(=O)c1c(C)cccc1C(=O)Nc1ccc(Cn2nc(C(F)(F)F)cc2C)nc1C. The van der Waals surface area contributed by atoms with Crippen LogP contribution >= 0.6 is 11.8 Å². The normalized spacial score (nSPS) is 12.3. The zero-order chi connectivity index (χ0) is 27.3. The topological polar surface area (TPSA) is 88.9 Å². The van der Waals surface area contributed by atoms with Crippen molar-refractivity contribution in [2.24, 2.45) is 0 Å². The van der Waals surface area contributed by atoms with Gasteiger partial charge < -0.3 is 10.6 Å². The van der Waals surface area contributed by atoms with Gasteiger partial charge in [0.2, 0.25) is 0 Å². The molecule has 2 amide bonds. The average Bonchev–Trinajstić information content (AvgIpc) is 3.19. The van der Waals surface area contributed by atoms with Gasteiger partial charge in [0.25, 0.3) is 11.8 Å². The number of thioether (sulfide) groups is 1. The molecule has 7 nitrogen and oxygen atoms in total. The standard InChI is InChI=1S/C26H30F3N5O2S/c1-6-37-14-16(3)30-25(36)23-15(2)8-7-9-20(23)24(35)32-21-11-10-19(31-18(21)5)13-34-17(4)12-22(33-34)26(27,28)29/h7-12,16H,6,13-14H2,1-5H3,(H,30,36)(H,32,35)/t16-/m0/s1. The lowest BCUT2D eigenvalue weighted by molar-refractivity contribution is -0.141. The van der Waals surface area contributed by atoms with E-state index in [1.54, 1.807) is 62.9 Å². The summed E-state index contributed by atoms with van der Waals surface area (Å²) in [6, 6.07) is 9.27. The summed E-state index contributed by atoms with van der Waals surface area (Å²) in [5, 5.41) is 9.39. The maximum Gasteiger partial charge on any atom is 0.435 e. The second-order valence-corrected chi connectivity index (χ2v) is 10.1. The third-order valence-corrected chi connectivity index (χ3v) is 6.81. The highest BCUT2D eigenvalue weighted by molar-refractivity contribution is 7.99. The molecule has 3 rings (SSSR count). The molecule has 0 unspecified atom stereocenters. The van der Waals surface area contributed by atoms with Gasteiger partial charge >= 0.3 is 6.18 Å². The van der Waals surface area contributed by atoms with E-state index in [0.717, 1.165) is 17.6 Å². The second-order valence-electron chi connectivity index (χ2n) is 8.75. The molecule has 0 saturated heterocycles. The molecule has 0 aliphatic heterocycles. The van der Waals surface area contributed by atoms with Gasteiger partial charge in [0, 0.05) is 17.5 Å². The van der Waals surface area contributed by atoms with Gasteiger partial charge in [0.1, 0.15) is 0 Å². The Labute approximate surface area is 218 Å². The van der Waals surface area contributed by atoms with Gasteiger partial charge in [-0.1, -0.05) is 19.1 Å². The summed E-state index contributed by atoms with van der Waals surface area (Å²) in [6.07, 6.45) is -4.52. The molecule has 2 heterocycles. The van der Waals surface area contributed by atoms with Crippen molar-refractivity contribution in [2.75, 3.05) is 16.8 Å². The van der Waals surface area contributed by atoms with Crippen molar-refractivity contribution in [2.45, 2.75) is 53.4 Å². The number of aromatic nitrogens is 3. The van der Waals surface area contributed by atoms with Crippen LogP contribution in [0.3, 0.4) is 0 Å². The number of benzene rings is 1. The quantitative estimate of drug-likeness (QED) is 0.385. The highest BCUT2D eigenvalue weighted by Crippen LogP contribution is 2.28. The van der Waals surface area contributed by atoms with E-state index in [9.17, 15) is 22.8 Å². The number of nitrogens with zero attached hydrogens (tertiary/aromatic N) is 3. The lowest BCUT2D eigenvalue weighted by Crippen LogP contribution is -2.36. The van der Waals surface area contributed by atoms with Crippen LogP contribution in [0.1, 0.15) is 62.9 Å². The van der Waals surface area contributed by atoms with Gasteiger partial charge in [0.05, 0.1) is 34.7 Å². The first-order valence-electron chi connectivity index (χ1n) is 11.8. The Balaban J connectivity index is 1.77. The zero-order valence-electron chi connectivity index (χ0n) is 21.4. The van der Waals surface area contributed by atoms with E-state index in [1.807, 2.05) is 6.92 Å². The summed E-state index contributed by atoms with van der Waals surface area (Å²) in [5.41, 5.74) is 2.04. The summed E-state index contributed by atoms with van der Waals surface area (Å²) in [5.74, 6) is 0.938. The van der Waals surface area contributed by atoms with E-state index in [4.69, 9.17) is 0 Å². The monoisotopic (exact) mass is 533 g/mol. The molecule has 2 aromatic heterocycles. The summed E-state index contributed by atoms with van der Waals surface area (Å²) in [7, 11) is 0. The van der Waals surface area contributed by atoms with Gasteiger partial charge in [-0.25, -0.2) is 0 Å². The van der Waals surface area contributed by atoms with Crippen molar-refractivity contribution in [3.05, 3.63) is 75.9 Å². The molecule has 0 spiro atoms. The van der Waals surface area contributed by atoms with Crippen LogP contribution in [0.5, 0.6) is 0 Å². The van der Waals surface area contributed by atoms with Crippen molar-refractivity contribution in [1.82, 2.24) is 20.1 Å². The summed E-state index contributed by atoms with van der Waals surface area (Å²) in [4.78, 5) is 30.6. The predicted molar refractivity (Wildman–Crippen MR) is 139 cm³/mol. The molecule has 0 fully saturated rings. The lowest BCUT2D eigenvalue weighted by atomic mass is 10.00. The molecule has 0 saturated carbocycles. The molecule has 0 radical (unpaired) electrons. The van der Waals surface area contributed by atoms with Gasteiger partial charge in [-0.2, -0.15) is 30.0 Å². The highest BCUT2D eigenvalue weighted by Gasteiger charge is 2.34. The first-order chi connectivity index (χ1) is 17.4. The van der Waals surface area contributed by atoms with Gasteiger partial charge in [0.15, 0.2) is 5.69 Å². The number of hydrogen-bond donors (Lipinski definition) is 2. The Kier molecular flexibility index (Phi) is 9.01. The summed E-state index contributed by atoms with van der Waals surface area (Å²) < 4.78 is 40.1. The van der Waals surface area contributed by atoms with E-state index in [-0.39, 0.29) is 24.1 Å². The average molecular weight is 534 g/mol. The number of nitrogens with one attached hydrogen (secondary N) is 2. The molecular formula is C26H30F3N5O2S. The van der Waals surface area contributed by atoms with Crippen LogP contribution in [0.4, 0.5) is 18.9 Å². The van der Waals surface area contributed by atoms with Crippen LogP contribution in [-0.4, -0.2) is 44.1 Å². The minimum Gasteiger partial charge on any atom is -0.349 e. The lowest BCUT2D eigenvalue weighted by Gasteiger charge is -2.17. The van der Waals surface area contributed by atoms with Gasteiger partial charge in [-0.15, -0.1) is 0 Å². The van der Waals surface area contributed by atoms with Gasteiger partial charge in [-0.3, -0.25) is 19.3 Å². The van der Waals surface area contributed by atoms with E-state index in [0.29, 0.717) is 33.9 Å². The molecule has 11 heteroatoms. The summed E-state index contributed by atoms with van der Waals surface area (Å²) in [6.45, 7) is 9.03. The number of alkyl halides is 3. The maximum absolute atomic E-state index is 13.2. The Bertz CT molecular complexity index is 1290. The molecule has 0 aliphatic carbocycles. The van der Waals surface area contributed by atoms with E-state index < -0.39 is 17.8 Å². The minimum absolute atomic E-state index is 0.0493. The molecule has 0 aliphatic rings. The molecular weight excluding hydrogens is 503 g/mol. The van der Waals surface area contributed by atoms with Crippen molar-refractivity contribution in [1.29, 1.82) is 0 Å². The third-order valence-electron chi connectivity index (χ3n) is 5.67. The van der Waals surface area contributed by atoms with Crippen LogP contribution in [0.15, 0.2) is 36.4 Å². The van der Waals surface area contributed by atoms with Gasteiger partial charge in [-0.05, 0) is 63.3 Å². The van der Waals surface area contributed by atoms with Crippen molar-refractivity contribution in [3.63, 3.8) is 0 Å². The Morgan fingerprint density at radius 3 is 2.46 bits per heavy atom. The molecule has 198 valence electrons. The molecule has 1 aromatic carbocycles. The number of hydrogen-bond acceptors (Lipinski definition) is 5. The molecule has 0 bridgehead atoms. The largest absolute Gasteiger partial charge is 0.435 e. The fourth-order valence-electron chi connectivity index (χ4n) is 3.78. The summed E-state index contributed by atoms with van der Waals surface area (Å²) >= 11 is 1.72. The molecule has 37 heavy (non-hydrogen) atoms. The van der Waals surface area contributed by atoms with E-state index in [1.165, 1.54) is 4.68 Å². The molecule has 3 aromatic rings. The van der Waals surface area contributed by atoms with E-state index in [2.05, 4.69) is 27.6 Å². The Morgan fingerprint density at radius 2 is 1.84 bits per heavy atom. The number of halogens is 3. The minimum atomic E-state index is -4.52. The second kappa shape index (κ2) is 11.8. The first kappa shape index (κ1) is 28.2. The Morgan fingerprint density at radius 1 is 1.11 bits per heavy atom. The highest BCUT2D eigenvalue weighted by atomic mass is 32.2. The Hall–Kier alpha value is -3.34. The number of carbonyl (C=O) groups is 2. The molecule has 2 N–H and O–H groups in total. The smallest absolute Gasteiger partial charge is 0.349 e. The number of aryl methyl sites for hydroxylation is 3. The maximum atomic E-state index is 13.2. The van der Waals surface area contributed by atoms with Crippen LogP contribution in [0, 0.1) is 20.8 Å². The fourth-order valence-corrected chi connectivity index (χ4v) is 4.45. The first-order valence-corrected chi connectivity index (χ1v) is 12.9. The number of amides is 2. The van der Waals surface area contributed by atoms with Crippen LogP contribution in [0.2, 0.25) is 0 Å². The van der Waals surface area contributed by atoms with Crippen molar-refractivity contribution < 1.29 is 22.8 Å². The number of carbonyl (C=O) groups excluding carboxylic acids is 2. The number of pyridine rings is 1. The predicted octanol–water partition coefficient (Wildman–Crippen LogP) is 5.39. The van der Waals surface area contributed by atoms with Crippen molar-refractivity contribution in [3.8, 4) is 0 Å². The zero-order valence-corrected chi connectivity index (χ0v) is 22.2. The molecule has 1 atom stereocenters. The number of anilines is 1. The van der Waals surface area contributed by atoms with Crippen LogP contribution in [0.25, 0.3) is 0 Å². The third kappa shape index (κ3) is 7.12. The van der Waals surface area contributed by atoms with Crippen LogP contribution < -0.4 is 10.6 Å². The van der Waals surface area contributed by atoms with Crippen LogP contribution in [-0.2, 0) is 12.7 Å².